The van der Waals surface area contributed by atoms with E-state index in [0.717, 1.165) is 30.3 Å². The smallest absolute Gasteiger partial charge is 0.129 e. The van der Waals surface area contributed by atoms with E-state index in [1.807, 2.05) is 38.4 Å². The number of ether oxygens (including phenoxy) is 1. The fourth-order valence-electron chi connectivity index (χ4n) is 2.15. The first-order chi connectivity index (χ1) is 10.1. The Kier molecular flexibility index (Phi) is 5.23. The summed E-state index contributed by atoms with van der Waals surface area (Å²) in [5.41, 5.74) is 3.69. The summed E-state index contributed by atoms with van der Waals surface area (Å²) in [6.07, 6.45) is 0. The lowest BCUT2D eigenvalue weighted by Crippen LogP contribution is -2.12. The maximum absolute atomic E-state index is 5.96. The number of hydrogen-bond donors (Lipinski definition) is 1. The Morgan fingerprint density at radius 2 is 1.81 bits per heavy atom. The van der Waals surface area contributed by atoms with Gasteiger partial charge in [0.2, 0.25) is 0 Å². The maximum atomic E-state index is 5.96. The summed E-state index contributed by atoms with van der Waals surface area (Å²) < 4.78 is 5.96. The Labute approximate surface area is 127 Å². The van der Waals surface area contributed by atoms with Crippen molar-refractivity contribution < 1.29 is 4.74 Å². The number of anilines is 1. The van der Waals surface area contributed by atoms with Crippen LogP contribution in [0.25, 0.3) is 0 Å². The first-order valence-corrected chi connectivity index (χ1v) is 7.35. The van der Waals surface area contributed by atoms with Gasteiger partial charge >= 0.3 is 0 Å². The minimum Gasteiger partial charge on any atom is -0.457 e. The molecule has 0 aromatic heterocycles. The van der Waals surface area contributed by atoms with Gasteiger partial charge in [-0.3, -0.25) is 0 Å². The summed E-state index contributed by atoms with van der Waals surface area (Å²) in [5, 5.41) is 3.35. The zero-order chi connectivity index (χ0) is 15.2. The quantitative estimate of drug-likeness (QED) is 0.869. The second kappa shape index (κ2) is 7.14. The van der Waals surface area contributed by atoms with Gasteiger partial charge in [-0.2, -0.15) is 0 Å². The molecule has 0 bridgehead atoms. The Bertz CT molecular complexity index is 594. The molecule has 1 N–H and O–H groups in total. The fourth-order valence-corrected chi connectivity index (χ4v) is 2.15. The highest BCUT2D eigenvalue weighted by molar-refractivity contribution is 5.50. The van der Waals surface area contributed by atoms with Crippen LogP contribution in [0, 0.1) is 6.92 Å². The van der Waals surface area contributed by atoms with E-state index in [9.17, 15) is 0 Å². The molecule has 3 nitrogen and oxygen atoms in total. The number of rotatable bonds is 6. The van der Waals surface area contributed by atoms with Crippen molar-refractivity contribution in [2.24, 2.45) is 0 Å². The van der Waals surface area contributed by atoms with E-state index in [-0.39, 0.29) is 0 Å². The predicted molar refractivity (Wildman–Crippen MR) is 89.4 cm³/mol. The molecular formula is C18H24N2O. The molecule has 0 spiro atoms. The molecule has 112 valence electrons. The van der Waals surface area contributed by atoms with Crippen molar-refractivity contribution >= 4 is 5.69 Å². The largest absolute Gasteiger partial charge is 0.457 e. The normalized spacial score (nSPS) is 10.5. The van der Waals surface area contributed by atoms with E-state index in [1.165, 1.54) is 11.1 Å². The van der Waals surface area contributed by atoms with Gasteiger partial charge in [-0.05, 0) is 48.9 Å². The zero-order valence-corrected chi connectivity index (χ0v) is 13.3. The molecule has 3 heteroatoms. The number of benzene rings is 2. The second-order valence-corrected chi connectivity index (χ2v) is 5.36. The monoisotopic (exact) mass is 284 g/mol. The summed E-state index contributed by atoms with van der Waals surface area (Å²) in [4.78, 5) is 2.07. The van der Waals surface area contributed by atoms with Crippen molar-refractivity contribution in [1.29, 1.82) is 0 Å². The molecule has 0 unspecified atom stereocenters. The topological polar surface area (TPSA) is 24.5 Å². The number of nitrogens with zero attached hydrogens (tertiary/aromatic N) is 1. The van der Waals surface area contributed by atoms with Crippen LogP contribution in [-0.4, -0.2) is 20.6 Å². The average molecular weight is 284 g/mol. The highest BCUT2D eigenvalue weighted by Gasteiger charge is 2.03. The summed E-state index contributed by atoms with van der Waals surface area (Å²) in [6.45, 7) is 6.12. The minimum atomic E-state index is 0.861. The summed E-state index contributed by atoms with van der Waals surface area (Å²) in [5.74, 6) is 1.74. The van der Waals surface area contributed by atoms with Crippen LogP contribution in [0.15, 0.2) is 42.5 Å². The Balaban J connectivity index is 2.12. The number of hydrogen-bond acceptors (Lipinski definition) is 3. The van der Waals surface area contributed by atoms with Gasteiger partial charge in [0.1, 0.15) is 11.5 Å². The van der Waals surface area contributed by atoms with Gasteiger partial charge < -0.3 is 15.0 Å². The Hall–Kier alpha value is -2.00. The molecule has 0 radical (unpaired) electrons. The Morgan fingerprint density at radius 3 is 2.48 bits per heavy atom. The summed E-state index contributed by atoms with van der Waals surface area (Å²) in [7, 11) is 4.05. The molecule has 2 rings (SSSR count). The molecular weight excluding hydrogens is 260 g/mol. The van der Waals surface area contributed by atoms with Crippen molar-refractivity contribution in [2.75, 3.05) is 25.5 Å². The van der Waals surface area contributed by atoms with Crippen LogP contribution < -0.4 is 15.0 Å². The van der Waals surface area contributed by atoms with E-state index >= 15 is 0 Å². The van der Waals surface area contributed by atoms with E-state index in [0.29, 0.717) is 0 Å². The van der Waals surface area contributed by atoms with Crippen molar-refractivity contribution in [2.45, 2.75) is 20.4 Å². The third-order valence-electron chi connectivity index (χ3n) is 3.45. The molecule has 0 heterocycles. The lowest BCUT2D eigenvalue weighted by Gasteiger charge is -2.14. The fraction of sp³-hybridized carbons (Fsp3) is 0.333. The van der Waals surface area contributed by atoms with E-state index in [4.69, 9.17) is 4.74 Å². The maximum Gasteiger partial charge on any atom is 0.129 e. The van der Waals surface area contributed by atoms with Gasteiger partial charge in [-0.15, -0.1) is 0 Å². The molecule has 0 saturated carbocycles. The molecule has 2 aromatic carbocycles. The van der Waals surface area contributed by atoms with Crippen molar-refractivity contribution in [3.05, 3.63) is 53.6 Å². The molecule has 0 aliphatic carbocycles. The molecule has 0 amide bonds. The molecule has 0 saturated heterocycles. The van der Waals surface area contributed by atoms with Gasteiger partial charge in [-0.1, -0.05) is 19.1 Å². The first-order valence-electron chi connectivity index (χ1n) is 7.35. The lowest BCUT2D eigenvalue weighted by atomic mass is 10.1. The second-order valence-electron chi connectivity index (χ2n) is 5.36. The SMILES string of the molecule is CCNCc1ccc(Oc2cccc(N(C)C)c2)cc1C. The number of aryl methyl sites for hydroxylation is 1. The summed E-state index contributed by atoms with van der Waals surface area (Å²) in [6, 6.07) is 14.4. The van der Waals surface area contributed by atoms with Crippen molar-refractivity contribution in [1.82, 2.24) is 5.32 Å². The first kappa shape index (κ1) is 15.4. The number of nitrogens with one attached hydrogen (secondary N) is 1. The van der Waals surface area contributed by atoms with E-state index in [1.54, 1.807) is 0 Å². The van der Waals surface area contributed by atoms with Crippen LogP contribution in [0.2, 0.25) is 0 Å². The third-order valence-corrected chi connectivity index (χ3v) is 3.45. The molecule has 0 aliphatic heterocycles. The van der Waals surface area contributed by atoms with Gasteiger partial charge in [0.25, 0.3) is 0 Å². The van der Waals surface area contributed by atoms with Gasteiger partial charge in [0.05, 0.1) is 0 Å². The molecule has 2 aromatic rings. The van der Waals surface area contributed by atoms with Gasteiger partial charge in [0, 0.05) is 32.4 Å². The van der Waals surface area contributed by atoms with Crippen LogP contribution in [-0.2, 0) is 6.54 Å². The van der Waals surface area contributed by atoms with Crippen LogP contribution >= 0.6 is 0 Å². The lowest BCUT2D eigenvalue weighted by molar-refractivity contribution is 0.482. The highest BCUT2D eigenvalue weighted by atomic mass is 16.5. The van der Waals surface area contributed by atoms with Gasteiger partial charge in [0.15, 0.2) is 0 Å². The zero-order valence-electron chi connectivity index (χ0n) is 13.3. The van der Waals surface area contributed by atoms with Crippen molar-refractivity contribution in [3.63, 3.8) is 0 Å². The van der Waals surface area contributed by atoms with Gasteiger partial charge in [-0.25, -0.2) is 0 Å². The van der Waals surface area contributed by atoms with E-state index in [2.05, 4.69) is 42.3 Å². The van der Waals surface area contributed by atoms with E-state index < -0.39 is 0 Å². The molecule has 0 fully saturated rings. The standard InChI is InChI=1S/C18H24N2O/c1-5-19-13-15-9-10-18(11-14(15)2)21-17-8-6-7-16(12-17)20(3)4/h6-12,19H,5,13H2,1-4H3. The van der Waals surface area contributed by atoms with Crippen LogP contribution in [0.4, 0.5) is 5.69 Å². The predicted octanol–water partition coefficient (Wildman–Crippen LogP) is 3.96. The minimum absolute atomic E-state index is 0.861. The average Bonchev–Trinajstić information content (AvgIpc) is 2.47. The van der Waals surface area contributed by atoms with Crippen LogP contribution in [0.1, 0.15) is 18.1 Å². The molecule has 0 atom stereocenters. The third kappa shape index (κ3) is 4.23. The molecule has 21 heavy (non-hydrogen) atoms. The molecule has 0 aliphatic rings. The highest BCUT2D eigenvalue weighted by Crippen LogP contribution is 2.26. The van der Waals surface area contributed by atoms with Crippen molar-refractivity contribution in [3.8, 4) is 11.5 Å². The van der Waals surface area contributed by atoms with Crippen LogP contribution in [0.3, 0.4) is 0 Å². The van der Waals surface area contributed by atoms with Crippen LogP contribution in [0.5, 0.6) is 11.5 Å². The Morgan fingerprint density at radius 1 is 1.05 bits per heavy atom. The summed E-state index contributed by atoms with van der Waals surface area (Å²) >= 11 is 0.